The Morgan fingerprint density at radius 3 is 2.59 bits per heavy atom. The SMILES string of the molecule is COc1cc(C(F)(F)F)ccc1C=CCCN. The van der Waals surface area contributed by atoms with E-state index in [-0.39, 0.29) is 5.75 Å². The van der Waals surface area contributed by atoms with Gasteiger partial charge in [0.2, 0.25) is 0 Å². The fourth-order valence-electron chi connectivity index (χ4n) is 1.33. The van der Waals surface area contributed by atoms with Gasteiger partial charge < -0.3 is 10.5 Å². The van der Waals surface area contributed by atoms with Gasteiger partial charge in [-0.2, -0.15) is 13.2 Å². The number of rotatable bonds is 4. The second-order valence-corrected chi connectivity index (χ2v) is 3.43. The summed E-state index contributed by atoms with van der Waals surface area (Å²) in [6.45, 7) is 0.499. The number of methoxy groups -OCH3 is 1. The second kappa shape index (κ2) is 5.72. The summed E-state index contributed by atoms with van der Waals surface area (Å²) >= 11 is 0. The molecule has 0 aliphatic carbocycles. The Morgan fingerprint density at radius 1 is 1.35 bits per heavy atom. The van der Waals surface area contributed by atoms with E-state index in [2.05, 4.69) is 0 Å². The Labute approximate surface area is 97.9 Å². The normalized spacial score (nSPS) is 12.1. The first-order valence-electron chi connectivity index (χ1n) is 5.11. The third-order valence-corrected chi connectivity index (χ3v) is 2.19. The third kappa shape index (κ3) is 3.78. The minimum atomic E-state index is -4.35. The zero-order valence-electron chi connectivity index (χ0n) is 9.42. The van der Waals surface area contributed by atoms with Crippen LogP contribution >= 0.6 is 0 Å². The van der Waals surface area contributed by atoms with Crippen molar-refractivity contribution in [2.45, 2.75) is 12.6 Å². The van der Waals surface area contributed by atoms with Crippen molar-refractivity contribution in [1.82, 2.24) is 0 Å². The van der Waals surface area contributed by atoms with Gasteiger partial charge in [0.1, 0.15) is 5.75 Å². The molecule has 94 valence electrons. The molecule has 0 aliphatic heterocycles. The summed E-state index contributed by atoms with van der Waals surface area (Å²) in [7, 11) is 1.34. The summed E-state index contributed by atoms with van der Waals surface area (Å²) in [6.07, 6.45) is -0.187. The van der Waals surface area contributed by atoms with E-state index < -0.39 is 11.7 Å². The van der Waals surface area contributed by atoms with Gasteiger partial charge in [-0.05, 0) is 25.1 Å². The van der Waals surface area contributed by atoms with E-state index in [9.17, 15) is 13.2 Å². The molecule has 0 aromatic heterocycles. The zero-order chi connectivity index (χ0) is 12.9. The van der Waals surface area contributed by atoms with Crippen molar-refractivity contribution in [1.29, 1.82) is 0 Å². The number of nitrogens with two attached hydrogens (primary N) is 1. The molecule has 0 aliphatic rings. The average Bonchev–Trinajstić information content (AvgIpc) is 2.28. The standard InChI is InChI=1S/C12H14F3NO/c1-17-11-8-10(12(13,14)15)6-5-9(11)4-2-3-7-16/h2,4-6,8H,3,7,16H2,1H3. The largest absolute Gasteiger partial charge is 0.496 e. The van der Waals surface area contributed by atoms with Crippen LogP contribution in [-0.2, 0) is 6.18 Å². The predicted molar refractivity (Wildman–Crippen MR) is 60.7 cm³/mol. The molecular weight excluding hydrogens is 231 g/mol. The molecule has 0 saturated carbocycles. The van der Waals surface area contributed by atoms with Crippen LogP contribution in [0.1, 0.15) is 17.5 Å². The van der Waals surface area contributed by atoms with Crippen molar-refractivity contribution >= 4 is 6.08 Å². The van der Waals surface area contributed by atoms with Gasteiger partial charge in [0.15, 0.2) is 0 Å². The van der Waals surface area contributed by atoms with Gasteiger partial charge in [-0.25, -0.2) is 0 Å². The van der Waals surface area contributed by atoms with Gasteiger partial charge in [-0.3, -0.25) is 0 Å². The van der Waals surface area contributed by atoms with E-state index in [4.69, 9.17) is 10.5 Å². The van der Waals surface area contributed by atoms with Crippen LogP contribution < -0.4 is 10.5 Å². The van der Waals surface area contributed by atoms with Crippen molar-refractivity contribution in [2.24, 2.45) is 5.73 Å². The predicted octanol–water partition coefficient (Wildman–Crippen LogP) is 3.08. The minimum Gasteiger partial charge on any atom is -0.496 e. The smallest absolute Gasteiger partial charge is 0.416 e. The summed E-state index contributed by atoms with van der Waals surface area (Å²) in [5.74, 6) is 0.202. The van der Waals surface area contributed by atoms with Crippen LogP contribution in [0.25, 0.3) is 6.08 Å². The van der Waals surface area contributed by atoms with Gasteiger partial charge >= 0.3 is 6.18 Å². The van der Waals surface area contributed by atoms with Gasteiger partial charge in [-0.15, -0.1) is 0 Å². The highest BCUT2D eigenvalue weighted by Gasteiger charge is 2.31. The Bertz CT molecular complexity index is 399. The number of alkyl halides is 3. The van der Waals surface area contributed by atoms with Crippen molar-refractivity contribution < 1.29 is 17.9 Å². The summed E-state index contributed by atoms with van der Waals surface area (Å²) < 4.78 is 42.3. The molecule has 0 saturated heterocycles. The molecule has 1 rings (SSSR count). The highest BCUT2D eigenvalue weighted by molar-refractivity contribution is 5.58. The van der Waals surface area contributed by atoms with Gasteiger partial charge in [0.05, 0.1) is 12.7 Å². The lowest BCUT2D eigenvalue weighted by atomic mass is 10.1. The number of benzene rings is 1. The molecular formula is C12H14F3NO. The van der Waals surface area contributed by atoms with Crippen LogP contribution in [0.3, 0.4) is 0 Å². The average molecular weight is 245 g/mol. The van der Waals surface area contributed by atoms with Gasteiger partial charge in [0, 0.05) is 5.56 Å². The van der Waals surface area contributed by atoms with Crippen molar-refractivity contribution in [3.8, 4) is 5.75 Å². The Hall–Kier alpha value is -1.49. The van der Waals surface area contributed by atoms with Crippen molar-refractivity contribution in [3.63, 3.8) is 0 Å². The number of ether oxygens (including phenoxy) is 1. The molecule has 0 amide bonds. The van der Waals surface area contributed by atoms with Crippen molar-refractivity contribution in [3.05, 3.63) is 35.4 Å². The Morgan fingerprint density at radius 2 is 2.06 bits per heavy atom. The van der Waals surface area contributed by atoms with Crippen molar-refractivity contribution in [2.75, 3.05) is 13.7 Å². The highest BCUT2D eigenvalue weighted by Crippen LogP contribution is 2.33. The molecule has 17 heavy (non-hydrogen) atoms. The van der Waals surface area contributed by atoms with Gasteiger partial charge in [0.25, 0.3) is 0 Å². The van der Waals surface area contributed by atoms with E-state index in [0.29, 0.717) is 18.5 Å². The molecule has 0 radical (unpaired) electrons. The Kier molecular flexibility index (Phi) is 4.57. The van der Waals surface area contributed by atoms with Crippen LogP contribution in [0, 0.1) is 0 Å². The first-order chi connectivity index (χ1) is 7.99. The van der Waals surface area contributed by atoms with E-state index in [1.165, 1.54) is 13.2 Å². The second-order valence-electron chi connectivity index (χ2n) is 3.43. The fourth-order valence-corrected chi connectivity index (χ4v) is 1.33. The summed E-state index contributed by atoms with van der Waals surface area (Å²) in [4.78, 5) is 0. The molecule has 0 unspecified atom stereocenters. The molecule has 0 atom stereocenters. The van der Waals surface area contributed by atoms with E-state index >= 15 is 0 Å². The van der Waals surface area contributed by atoms with E-state index in [1.807, 2.05) is 0 Å². The van der Waals surface area contributed by atoms with Gasteiger partial charge in [-0.1, -0.05) is 18.2 Å². The molecule has 0 heterocycles. The Balaban J connectivity index is 3.01. The quantitative estimate of drug-likeness (QED) is 0.884. The fraction of sp³-hybridized carbons (Fsp3) is 0.333. The third-order valence-electron chi connectivity index (χ3n) is 2.19. The molecule has 2 N–H and O–H groups in total. The lowest BCUT2D eigenvalue weighted by Crippen LogP contribution is -2.05. The number of hydrogen-bond donors (Lipinski definition) is 1. The monoisotopic (exact) mass is 245 g/mol. The maximum absolute atomic E-state index is 12.5. The van der Waals surface area contributed by atoms with Crippen LogP contribution in [0.5, 0.6) is 5.75 Å². The van der Waals surface area contributed by atoms with Crippen LogP contribution in [0.2, 0.25) is 0 Å². The van der Waals surface area contributed by atoms with E-state index in [1.54, 1.807) is 12.2 Å². The zero-order valence-corrected chi connectivity index (χ0v) is 9.42. The molecule has 0 fully saturated rings. The summed E-state index contributed by atoms with van der Waals surface area (Å²) in [6, 6.07) is 3.40. The van der Waals surface area contributed by atoms with E-state index in [0.717, 1.165) is 12.1 Å². The van der Waals surface area contributed by atoms with Crippen LogP contribution in [0.15, 0.2) is 24.3 Å². The minimum absolute atomic E-state index is 0.202. The lowest BCUT2D eigenvalue weighted by Gasteiger charge is -2.10. The summed E-state index contributed by atoms with van der Waals surface area (Å²) in [5.41, 5.74) is 5.20. The lowest BCUT2D eigenvalue weighted by molar-refractivity contribution is -0.137. The summed E-state index contributed by atoms with van der Waals surface area (Å²) in [5, 5.41) is 0. The number of hydrogen-bond acceptors (Lipinski definition) is 2. The maximum Gasteiger partial charge on any atom is 0.416 e. The molecule has 1 aromatic carbocycles. The highest BCUT2D eigenvalue weighted by atomic mass is 19.4. The van der Waals surface area contributed by atoms with Crippen LogP contribution in [-0.4, -0.2) is 13.7 Å². The molecule has 0 spiro atoms. The topological polar surface area (TPSA) is 35.2 Å². The molecule has 5 heteroatoms. The number of halogens is 3. The van der Waals surface area contributed by atoms with Crippen LogP contribution in [0.4, 0.5) is 13.2 Å². The molecule has 1 aromatic rings. The molecule has 0 bridgehead atoms. The first kappa shape index (κ1) is 13.6. The maximum atomic E-state index is 12.5. The first-order valence-corrected chi connectivity index (χ1v) is 5.11. The molecule has 2 nitrogen and oxygen atoms in total.